The van der Waals surface area contributed by atoms with Gasteiger partial charge in [-0.05, 0) is 0 Å². The molecule has 0 aliphatic rings. The molecular weight excluding hydrogens is 192 g/mol. The number of carbonyl (C=O) groups excluding carboxylic acids is 1. The Kier molecular flexibility index (Phi) is 5.92. The first-order chi connectivity index (χ1) is 5.57. The summed E-state index contributed by atoms with van der Waals surface area (Å²) in [5.74, 6) is -0.626. The normalized spacial score (nSPS) is 13.1. The fourth-order valence-corrected chi connectivity index (χ4v) is 0.729. The van der Waals surface area contributed by atoms with E-state index in [1.165, 1.54) is 7.11 Å². The Morgan fingerprint density at radius 3 is 2.58 bits per heavy atom. The van der Waals surface area contributed by atoms with E-state index in [9.17, 15) is 13.6 Å². The van der Waals surface area contributed by atoms with Crippen molar-refractivity contribution in [2.24, 2.45) is 0 Å². The molecule has 12 heavy (non-hydrogen) atoms. The summed E-state index contributed by atoms with van der Waals surface area (Å²) in [5.41, 5.74) is 0. The Bertz CT molecular complexity index is 146. The lowest BCUT2D eigenvalue weighted by Gasteiger charge is -2.07. The molecule has 0 fully saturated rings. The number of hydrogen-bond acceptors (Lipinski definition) is 3. The largest absolute Gasteiger partial charge is 0.468 e. The molecule has 3 nitrogen and oxygen atoms in total. The third-order valence-corrected chi connectivity index (χ3v) is 1.41. The van der Waals surface area contributed by atoms with Gasteiger partial charge >= 0.3 is 5.97 Å². The minimum absolute atomic E-state index is 0.0153. The molecule has 0 radical (unpaired) electrons. The molecular formula is C6H10ClF2NO2. The van der Waals surface area contributed by atoms with Gasteiger partial charge in [-0.2, -0.15) is 0 Å². The van der Waals surface area contributed by atoms with Crippen LogP contribution in [0.15, 0.2) is 0 Å². The summed E-state index contributed by atoms with van der Waals surface area (Å²) in [4.78, 5) is 10.6. The fourth-order valence-electron chi connectivity index (χ4n) is 0.530. The number of halogens is 3. The van der Waals surface area contributed by atoms with E-state index in [4.69, 9.17) is 11.6 Å². The number of ether oxygens (including phenoxy) is 1. The summed E-state index contributed by atoms with van der Waals surface area (Å²) in [7, 11) is 1.19. The second kappa shape index (κ2) is 6.14. The van der Waals surface area contributed by atoms with Gasteiger partial charge in [0, 0.05) is 6.54 Å². The van der Waals surface area contributed by atoms with E-state index in [-0.39, 0.29) is 6.54 Å². The lowest BCUT2D eigenvalue weighted by molar-refractivity contribution is -0.140. The number of hydrogen-bond donors (Lipinski definition) is 1. The number of esters is 1. The fraction of sp³-hybridized carbons (Fsp3) is 0.833. The molecule has 1 N–H and O–H groups in total. The van der Waals surface area contributed by atoms with Crippen LogP contribution in [0.3, 0.4) is 0 Å². The predicted octanol–water partition coefficient (Wildman–Crippen LogP) is 0.621. The zero-order chi connectivity index (χ0) is 9.56. The molecule has 0 bridgehead atoms. The molecule has 0 rings (SSSR count). The van der Waals surface area contributed by atoms with Gasteiger partial charge < -0.3 is 10.1 Å². The molecule has 72 valence electrons. The van der Waals surface area contributed by atoms with Crippen LogP contribution in [-0.2, 0) is 9.53 Å². The first kappa shape index (κ1) is 11.6. The van der Waals surface area contributed by atoms with Crippen molar-refractivity contribution in [3.63, 3.8) is 0 Å². The zero-order valence-corrected chi connectivity index (χ0v) is 7.28. The van der Waals surface area contributed by atoms with Gasteiger partial charge in [-0.3, -0.25) is 4.79 Å². The van der Waals surface area contributed by atoms with Gasteiger partial charge in [0.25, 0.3) is 6.43 Å². The van der Waals surface area contributed by atoms with Crippen LogP contribution in [0.1, 0.15) is 0 Å². The highest BCUT2D eigenvalue weighted by molar-refractivity contribution is 6.30. The summed E-state index contributed by atoms with van der Waals surface area (Å²) in [6, 6.07) is 0. The molecule has 0 saturated heterocycles. The van der Waals surface area contributed by atoms with Crippen molar-refractivity contribution in [1.29, 1.82) is 0 Å². The highest BCUT2D eigenvalue weighted by atomic mass is 35.5. The van der Waals surface area contributed by atoms with Gasteiger partial charge in [0.2, 0.25) is 0 Å². The minimum Gasteiger partial charge on any atom is -0.468 e. The summed E-state index contributed by atoms with van der Waals surface area (Å²) in [5, 5.41) is 1.41. The van der Waals surface area contributed by atoms with Crippen molar-refractivity contribution in [3.8, 4) is 0 Å². The van der Waals surface area contributed by atoms with E-state index < -0.39 is 24.3 Å². The van der Waals surface area contributed by atoms with E-state index in [0.717, 1.165) is 0 Å². The third kappa shape index (κ3) is 5.26. The standard InChI is InChI=1S/C6H10ClF2NO2/c1-12-6(11)4(7)2-10-3-5(8)9/h4-5,10H,2-3H2,1H3. The van der Waals surface area contributed by atoms with Crippen LogP contribution in [-0.4, -0.2) is 38.0 Å². The maximum Gasteiger partial charge on any atom is 0.325 e. The molecule has 0 amide bonds. The first-order valence-electron chi connectivity index (χ1n) is 3.28. The van der Waals surface area contributed by atoms with Crippen LogP contribution in [0.25, 0.3) is 0 Å². The van der Waals surface area contributed by atoms with Gasteiger partial charge in [0.1, 0.15) is 5.38 Å². The van der Waals surface area contributed by atoms with Crippen molar-refractivity contribution in [1.82, 2.24) is 5.32 Å². The van der Waals surface area contributed by atoms with Crippen molar-refractivity contribution in [2.45, 2.75) is 11.8 Å². The van der Waals surface area contributed by atoms with Crippen LogP contribution in [0, 0.1) is 0 Å². The van der Waals surface area contributed by atoms with E-state index in [0.29, 0.717) is 0 Å². The summed E-state index contributed by atoms with van der Waals surface area (Å²) in [6.45, 7) is -0.487. The SMILES string of the molecule is COC(=O)C(Cl)CNCC(F)F. The molecule has 0 spiro atoms. The molecule has 0 aliphatic carbocycles. The smallest absolute Gasteiger partial charge is 0.325 e. The second-order valence-corrected chi connectivity index (χ2v) is 2.57. The lowest BCUT2D eigenvalue weighted by atomic mass is 10.4. The van der Waals surface area contributed by atoms with Crippen LogP contribution in [0.2, 0.25) is 0 Å². The third-order valence-electron chi connectivity index (χ3n) is 1.08. The molecule has 0 aromatic carbocycles. The maximum atomic E-state index is 11.5. The predicted molar refractivity (Wildman–Crippen MR) is 40.5 cm³/mol. The van der Waals surface area contributed by atoms with Gasteiger partial charge in [0.05, 0.1) is 13.7 Å². The molecule has 0 aliphatic heterocycles. The van der Waals surface area contributed by atoms with E-state index >= 15 is 0 Å². The van der Waals surface area contributed by atoms with Crippen LogP contribution < -0.4 is 5.32 Å². The van der Waals surface area contributed by atoms with Gasteiger partial charge in [-0.15, -0.1) is 11.6 Å². The summed E-state index contributed by atoms with van der Waals surface area (Å²) in [6.07, 6.45) is -2.44. The Morgan fingerprint density at radius 1 is 1.58 bits per heavy atom. The van der Waals surface area contributed by atoms with Crippen molar-refractivity contribution >= 4 is 17.6 Å². The highest BCUT2D eigenvalue weighted by Gasteiger charge is 2.15. The summed E-state index contributed by atoms with van der Waals surface area (Å²) < 4.78 is 27.4. The van der Waals surface area contributed by atoms with Crippen LogP contribution in [0.4, 0.5) is 8.78 Å². The number of rotatable bonds is 5. The number of nitrogens with one attached hydrogen (secondary N) is 1. The minimum atomic E-state index is -2.44. The number of methoxy groups -OCH3 is 1. The molecule has 0 saturated carbocycles. The Labute approximate surface area is 74.0 Å². The molecule has 1 unspecified atom stereocenters. The van der Waals surface area contributed by atoms with Gasteiger partial charge in [-0.25, -0.2) is 8.78 Å². The van der Waals surface area contributed by atoms with Crippen LogP contribution in [0.5, 0.6) is 0 Å². The van der Waals surface area contributed by atoms with Gasteiger partial charge in [-0.1, -0.05) is 0 Å². The van der Waals surface area contributed by atoms with Crippen molar-refractivity contribution in [2.75, 3.05) is 20.2 Å². The number of carbonyl (C=O) groups is 1. The topological polar surface area (TPSA) is 38.3 Å². The summed E-state index contributed by atoms with van der Waals surface area (Å²) >= 11 is 5.43. The molecule has 0 heterocycles. The zero-order valence-electron chi connectivity index (χ0n) is 6.52. The Hall–Kier alpha value is -0.420. The average molecular weight is 202 g/mol. The van der Waals surface area contributed by atoms with E-state index in [1.807, 2.05) is 0 Å². The van der Waals surface area contributed by atoms with Gasteiger partial charge in [0.15, 0.2) is 0 Å². The maximum absolute atomic E-state index is 11.5. The molecule has 6 heteroatoms. The quantitative estimate of drug-likeness (QED) is 0.524. The Morgan fingerprint density at radius 2 is 2.17 bits per heavy atom. The van der Waals surface area contributed by atoms with E-state index in [2.05, 4.69) is 10.1 Å². The van der Waals surface area contributed by atoms with Crippen molar-refractivity contribution in [3.05, 3.63) is 0 Å². The second-order valence-electron chi connectivity index (χ2n) is 2.04. The van der Waals surface area contributed by atoms with Crippen LogP contribution >= 0.6 is 11.6 Å². The molecule has 0 aromatic heterocycles. The van der Waals surface area contributed by atoms with E-state index in [1.54, 1.807) is 0 Å². The molecule has 1 atom stereocenters. The highest BCUT2D eigenvalue weighted by Crippen LogP contribution is 1.96. The number of alkyl halides is 3. The lowest BCUT2D eigenvalue weighted by Crippen LogP contribution is -2.32. The first-order valence-corrected chi connectivity index (χ1v) is 3.72. The average Bonchev–Trinajstić information content (AvgIpc) is 2.02. The Balaban J connectivity index is 3.43. The molecule has 0 aromatic rings. The van der Waals surface area contributed by atoms with Crippen molar-refractivity contribution < 1.29 is 18.3 Å². The monoisotopic (exact) mass is 201 g/mol.